The van der Waals surface area contributed by atoms with Crippen molar-refractivity contribution in [1.82, 2.24) is 9.97 Å². The van der Waals surface area contributed by atoms with Crippen LogP contribution in [0.3, 0.4) is 0 Å². The number of nitrogens with one attached hydrogen (secondary N) is 1. The van der Waals surface area contributed by atoms with Crippen molar-refractivity contribution in [3.63, 3.8) is 0 Å². The molecular weight excluding hydrogens is 228 g/mol. The molecular formula is C10H14N2O5. The molecule has 0 saturated heterocycles. The highest BCUT2D eigenvalue weighted by Crippen LogP contribution is 2.36. The first kappa shape index (κ1) is 12.0. The molecule has 0 bridgehead atoms. The Labute approximate surface area is 96.7 Å². The number of hydrogen-bond acceptors (Lipinski definition) is 6. The van der Waals surface area contributed by atoms with E-state index in [-0.39, 0.29) is 11.8 Å². The minimum atomic E-state index is -1.28. The summed E-state index contributed by atoms with van der Waals surface area (Å²) < 4.78 is 5.37. The lowest BCUT2D eigenvalue weighted by molar-refractivity contribution is -0.0676. The first-order valence-electron chi connectivity index (χ1n) is 5.27. The van der Waals surface area contributed by atoms with E-state index in [1.807, 2.05) is 0 Å². The zero-order valence-electron chi connectivity index (χ0n) is 9.20. The number of aromatic amines is 1. The van der Waals surface area contributed by atoms with Crippen molar-refractivity contribution in [3.05, 3.63) is 22.2 Å². The second kappa shape index (κ2) is 4.44. The number of nitrogens with zero attached hydrogens (tertiary/aromatic N) is 1. The van der Waals surface area contributed by atoms with E-state index in [1.165, 1.54) is 6.20 Å². The largest absolute Gasteiger partial charge is 0.472 e. The summed E-state index contributed by atoms with van der Waals surface area (Å²) in [6.45, 7) is 1.22. The van der Waals surface area contributed by atoms with Gasteiger partial charge in [-0.2, -0.15) is 0 Å². The maximum Gasteiger partial charge on any atom is 0.347 e. The molecule has 4 unspecified atom stereocenters. The molecule has 1 aromatic heterocycles. The quantitative estimate of drug-likeness (QED) is 0.504. The van der Waals surface area contributed by atoms with E-state index >= 15 is 0 Å². The lowest BCUT2D eigenvalue weighted by Gasteiger charge is -2.24. The molecule has 1 aromatic rings. The fourth-order valence-corrected chi connectivity index (χ4v) is 1.92. The average Bonchev–Trinajstić information content (AvgIpc) is 2.64. The number of fused-ring (bicyclic) bond motifs is 1. The molecule has 17 heavy (non-hydrogen) atoms. The van der Waals surface area contributed by atoms with Crippen molar-refractivity contribution in [2.24, 2.45) is 0 Å². The van der Waals surface area contributed by atoms with Crippen LogP contribution in [0.25, 0.3) is 0 Å². The molecule has 7 heteroatoms. The van der Waals surface area contributed by atoms with E-state index in [0.717, 1.165) is 0 Å². The van der Waals surface area contributed by atoms with Crippen LogP contribution in [0.15, 0.2) is 11.0 Å². The van der Waals surface area contributed by atoms with Gasteiger partial charge in [0.25, 0.3) is 0 Å². The lowest BCUT2D eigenvalue weighted by atomic mass is 9.94. The Kier molecular flexibility index (Phi) is 3.14. The number of aliphatic hydroxyl groups excluding tert-OH is 3. The summed E-state index contributed by atoms with van der Waals surface area (Å²) in [4.78, 5) is 17.0. The van der Waals surface area contributed by atoms with Gasteiger partial charge in [-0.3, -0.25) is 4.98 Å². The van der Waals surface area contributed by atoms with Gasteiger partial charge >= 0.3 is 5.69 Å². The number of H-pyrrole nitrogens is 1. The molecule has 4 atom stereocenters. The molecule has 1 aliphatic heterocycles. The van der Waals surface area contributed by atoms with Crippen LogP contribution in [-0.2, 0) is 0 Å². The average molecular weight is 242 g/mol. The summed E-state index contributed by atoms with van der Waals surface area (Å²) in [5, 5.41) is 27.9. The van der Waals surface area contributed by atoms with Gasteiger partial charge in [-0.05, 0) is 0 Å². The van der Waals surface area contributed by atoms with Crippen LogP contribution in [0, 0.1) is 0 Å². The standard InChI is InChI=1S/C10H14N2O5/c1-4-5-2-11-10(16)12-9(5)17-8(4)7(15)6(14)3-13/h2,4,6-8,13-15H,3H2,1H3,(H,11,12,16). The van der Waals surface area contributed by atoms with Gasteiger partial charge in [0.15, 0.2) is 0 Å². The van der Waals surface area contributed by atoms with Crippen LogP contribution in [0.4, 0.5) is 0 Å². The summed E-state index contributed by atoms with van der Waals surface area (Å²) in [6.07, 6.45) is -1.84. The smallest absolute Gasteiger partial charge is 0.347 e. The lowest BCUT2D eigenvalue weighted by Crippen LogP contribution is -2.43. The Hall–Kier alpha value is -1.44. The molecule has 1 aliphatic rings. The highest BCUT2D eigenvalue weighted by molar-refractivity contribution is 5.32. The number of aromatic nitrogens is 2. The van der Waals surface area contributed by atoms with Gasteiger partial charge < -0.3 is 20.1 Å². The fourth-order valence-electron chi connectivity index (χ4n) is 1.92. The molecule has 0 saturated carbocycles. The van der Waals surface area contributed by atoms with Crippen LogP contribution in [0.5, 0.6) is 5.88 Å². The maximum absolute atomic E-state index is 11.0. The molecule has 0 spiro atoms. The molecule has 0 fully saturated rings. The summed E-state index contributed by atoms with van der Waals surface area (Å²) in [5.74, 6) is 0.0252. The third-order valence-electron chi connectivity index (χ3n) is 2.96. The highest BCUT2D eigenvalue weighted by atomic mass is 16.5. The van der Waals surface area contributed by atoms with Gasteiger partial charge in [-0.25, -0.2) is 9.78 Å². The molecule has 0 radical (unpaired) electrons. The van der Waals surface area contributed by atoms with Gasteiger partial charge in [0.2, 0.25) is 5.88 Å². The predicted octanol–water partition coefficient (Wildman–Crippen LogP) is -1.65. The normalized spacial score (nSPS) is 26.1. The van der Waals surface area contributed by atoms with E-state index in [4.69, 9.17) is 9.84 Å². The van der Waals surface area contributed by atoms with Crippen molar-refractivity contribution in [2.75, 3.05) is 6.61 Å². The topological polar surface area (TPSA) is 116 Å². The van der Waals surface area contributed by atoms with Gasteiger partial charge in [-0.15, -0.1) is 0 Å². The maximum atomic E-state index is 11.0. The molecule has 4 N–H and O–H groups in total. The number of aliphatic hydroxyl groups is 3. The Morgan fingerprint density at radius 1 is 1.59 bits per heavy atom. The Bertz CT molecular complexity index is 460. The van der Waals surface area contributed by atoms with E-state index in [0.29, 0.717) is 5.56 Å². The number of hydrogen-bond donors (Lipinski definition) is 4. The van der Waals surface area contributed by atoms with Crippen LogP contribution >= 0.6 is 0 Å². The summed E-state index contributed by atoms with van der Waals surface area (Å²) in [5.41, 5.74) is 0.132. The minimum absolute atomic E-state index is 0.231. The number of ether oxygens (including phenoxy) is 1. The zero-order valence-corrected chi connectivity index (χ0v) is 9.20. The molecule has 2 heterocycles. The Morgan fingerprint density at radius 2 is 2.29 bits per heavy atom. The molecule has 0 aromatic carbocycles. The SMILES string of the molecule is CC1c2cnc(=O)[nH]c2OC1C(O)C(O)CO. The molecule has 0 amide bonds. The number of rotatable bonds is 3. The van der Waals surface area contributed by atoms with E-state index < -0.39 is 30.6 Å². The van der Waals surface area contributed by atoms with Crippen molar-refractivity contribution in [3.8, 4) is 5.88 Å². The van der Waals surface area contributed by atoms with Crippen molar-refractivity contribution < 1.29 is 20.1 Å². The monoisotopic (exact) mass is 242 g/mol. The van der Waals surface area contributed by atoms with E-state index in [1.54, 1.807) is 6.92 Å². The van der Waals surface area contributed by atoms with Crippen LogP contribution < -0.4 is 10.4 Å². The van der Waals surface area contributed by atoms with E-state index in [2.05, 4.69) is 9.97 Å². The fraction of sp³-hybridized carbons (Fsp3) is 0.600. The van der Waals surface area contributed by atoms with Gasteiger partial charge in [0.05, 0.1) is 6.61 Å². The van der Waals surface area contributed by atoms with E-state index in [9.17, 15) is 15.0 Å². The van der Waals surface area contributed by atoms with Gasteiger partial charge in [-0.1, -0.05) is 6.92 Å². The highest BCUT2D eigenvalue weighted by Gasteiger charge is 2.39. The third kappa shape index (κ3) is 2.04. The van der Waals surface area contributed by atoms with Crippen molar-refractivity contribution in [1.29, 1.82) is 0 Å². The van der Waals surface area contributed by atoms with Crippen LogP contribution in [-0.4, -0.2) is 50.2 Å². The minimum Gasteiger partial charge on any atom is -0.472 e. The first-order chi connectivity index (χ1) is 8.04. The van der Waals surface area contributed by atoms with Crippen molar-refractivity contribution >= 4 is 0 Å². The van der Waals surface area contributed by atoms with Crippen LogP contribution in [0.2, 0.25) is 0 Å². The molecule has 7 nitrogen and oxygen atoms in total. The molecule has 0 aliphatic carbocycles. The van der Waals surface area contributed by atoms with Crippen molar-refractivity contribution in [2.45, 2.75) is 31.2 Å². The summed E-state index contributed by atoms with van der Waals surface area (Å²) in [6, 6.07) is 0. The first-order valence-corrected chi connectivity index (χ1v) is 5.27. The van der Waals surface area contributed by atoms with Gasteiger partial charge in [0, 0.05) is 17.7 Å². The zero-order chi connectivity index (χ0) is 12.6. The molecule has 94 valence electrons. The third-order valence-corrected chi connectivity index (χ3v) is 2.96. The van der Waals surface area contributed by atoms with Crippen LogP contribution in [0.1, 0.15) is 18.4 Å². The summed E-state index contributed by atoms with van der Waals surface area (Å²) in [7, 11) is 0. The molecule has 2 rings (SSSR count). The summed E-state index contributed by atoms with van der Waals surface area (Å²) >= 11 is 0. The predicted molar refractivity (Wildman–Crippen MR) is 56.8 cm³/mol. The second-order valence-corrected chi connectivity index (χ2v) is 4.08. The Balaban J connectivity index is 2.25. The second-order valence-electron chi connectivity index (χ2n) is 4.08. The Morgan fingerprint density at radius 3 is 2.94 bits per heavy atom. The van der Waals surface area contributed by atoms with Gasteiger partial charge in [0.1, 0.15) is 18.3 Å².